The minimum Gasteiger partial charge on any atom is -0.497 e. The molecule has 1 aromatic carbocycles. The number of ether oxygens (including phenoxy) is 1. The lowest BCUT2D eigenvalue weighted by atomic mass is 10.2. The zero-order valence-corrected chi connectivity index (χ0v) is 11.5. The number of methoxy groups -OCH3 is 1. The quantitative estimate of drug-likeness (QED) is 0.756. The summed E-state index contributed by atoms with van der Waals surface area (Å²) in [7, 11) is 1.64. The van der Waals surface area contributed by atoms with Crippen LogP contribution in [0.5, 0.6) is 5.75 Å². The number of rotatable bonds is 8. The predicted molar refractivity (Wildman–Crippen MR) is 74.3 cm³/mol. The number of likely N-dealkylation sites (N-methyl/N-ethyl adjacent to an activating group) is 1. The van der Waals surface area contributed by atoms with Crippen LogP contribution in [-0.2, 0) is 10.5 Å². The number of benzene rings is 1. The van der Waals surface area contributed by atoms with E-state index in [0.29, 0.717) is 12.3 Å². The average molecular weight is 269 g/mol. The van der Waals surface area contributed by atoms with Crippen LogP contribution in [0.4, 0.5) is 0 Å². The van der Waals surface area contributed by atoms with Gasteiger partial charge in [0.15, 0.2) is 0 Å². The first-order valence-electron chi connectivity index (χ1n) is 5.84. The molecule has 0 aliphatic carbocycles. The molecule has 2 N–H and O–H groups in total. The third-order valence-corrected chi connectivity index (χ3v) is 3.57. The van der Waals surface area contributed by atoms with Crippen LogP contribution in [0.3, 0.4) is 0 Å². The molecule has 0 bridgehead atoms. The van der Waals surface area contributed by atoms with E-state index < -0.39 is 12.0 Å². The Morgan fingerprint density at radius 1 is 1.44 bits per heavy atom. The fourth-order valence-electron chi connectivity index (χ4n) is 1.48. The normalized spacial score (nSPS) is 12.1. The molecule has 1 atom stereocenters. The zero-order valence-electron chi connectivity index (χ0n) is 10.7. The summed E-state index contributed by atoms with van der Waals surface area (Å²) < 4.78 is 5.08. The van der Waals surface area contributed by atoms with Crippen molar-refractivity contribution in [1.82, 2.24) is 5.32 Å². The first-order valence-corrected chi connectivity index (χ1v) is 6.99. The van der Waals surface area contributed by atoms with Gasteiger partial charge in [-0.15, -0.1) is 0 Å². The van der Waals surface area contributed by atoms with Crippen molar-refractivity contribution in [2.45, 2.75) is 18.7 Å². The topological polar surface area (TPSA) is 58.6 Å². The minimum atomic E-state index is -0.793. The highest BCUT2D eigenvalue weighted by molar-refractivity contribution is 7.98. The molecule has 0 aromatic heterocycles. The fraction of sp³-hybridized carbons (Fsp3) is 0.462. The lowest BCUT2D eigenvalue weighted by molar-refractivity contribution is -0.138. The molecule has 5 heteroatoms. The van der Waals surface area contributed by atoms with Gasteiger partial charge in [0.05, 0.1) is 7.11 Å². The second-order valence-electron chi connectivity index (χ2n) is 3.81. The Balaban J connectivity index is 2.37. The zero-order chi connectivity index (χ0) is 13.4. The summed E-state index contributed by atoms with van der Waals surface area (Å²) in [4.78, 5) is 10.9. The van der Waals surface area contributed by atoms with Gasteiger partial charge in [-0.1, -0.05) is 19.1 Å². The minimum absolute atomic E-state index is 0.474. The van der Waals surface area contributed by atoms with E-state index in [0.717, 1.165) is 11.5 Å². The lowest BCUT2D eigenvalue weighted by Gasteiger charge is -2.12. The molecular formula is C13H19NO3S. The maximum Gasteiger partial charge on any atom is 0.321 e. The van der Waals surface area contributed by atoms with Crippen molar-refractivity contribution in [3.8, 4) is 5.75 Å². The van der Waals surface area contributed by atoms with Gasteiger partial charge in [-0.05, 0) is 24.2 Å². The predicted octanol–water partition coefficient (Wildman–Crippen LogP) is 1.99. The first-order chi connectivity index (χ1) is 8.67. The Kier molecular flexibility index (Phi) is 6.60. The van der Waals surface area contributed by atoms with E-state index in [4.69, 9.17) is 9.84 Å². The highest BCUT2D eigenvalue weighted by Gasteiger charge is 2.15. The van der Waals surface area contributed by atoms with E-state index in [1.54, 1.807) is 18.9 Å². The number of aliphatic carboxylic acids is 1. The molecule has 0 aliphatic rings. The Morgan fingerprint density at radius 3 is 2.61 bits per heavy atom. The average Bonchev–Trinajstić information content (AvgIpc) is 2.38. The monoisotopic (exact) mass is 269 g/mol. The van der Waals surface area contributed by atoms with Crippen LogP contribution >= 0.6 is 11.8 Å². The fourth-order valence-corrected chi connectivity index (χ4v) is 2.52. The van der Waals surface area contributed by atoms with E-state index in [1.807, 2.05) is 31.2 Å². The van der Waals surface area contributed by atoms with Crippen LogP contribution in [0, 0.1) is 0 Å². The Bertz CT molecular complexity index is 367. The SMILES string of the molecule is CCN[C@@H](CSCc1ccc(OC)cc1)C(=O)O. The number of nitrogens with one attached hydrogen (secondary N) is 1. The number of hydrogen-bond donors (Lipinski definition) is 2. The van der Waals surface area contributed by atoms with E-state index in [-0.39, 0.29) is 0 Å². The molecule has 0 aliphatic heterocycles. The van der Waals surface area contributed by atoms with E-state index in [9.17, 15) is 4.79 Å². The molecule has 0 unspecified atom stereocenters. The number of hydrogen-bond acceptors (Lipinski definition) is 4. The maximum atomic E-state index is 10.9. The number of carboxylic acid groups (broad SMARTS) is 1. The van der Waals surface area contributed by atoms with Gasteiger partial charge in [-0.25, -0.2) is 0 Å². The van der Waals surface area contributed by atoms with Crippen LogP contribution in [0.1, 0.15) is 12.5 Å². The van der Waals surface area contributed by atoms with Crippen LogP contribution in [0.25, 0.3) is 0 Å². The molecule has 100 valence electrons. The molecule has 1 aromatic rings. The summed E-state index contributed by atoms with van der Waals surface area (Å²) in [5, 5.41) is 11.9. The standard InChI is InChI=1S/C13H19NO3S/c1-3-14-12(13(15)16)9-18-8-10-4-6-11(17-2)7-5-10/h4-7,12,14H,3,8-9H2,1-2H3,(H,15,16)/t12-/m0/s1. The number of carbonyl (C=O) groups is 1. The molecule has 0 radical (unpaired) electrons. The molecule has 4 nitrogen and oxygen atoms in total. The largest absolute Gasteiger partial charge is 0.497 e. The van der Waals surface area contributed by atoms with Gasteiger partial charge in [-0.2, -0.15) is 11.8 Å². The Morgan fingerprint density at radius 2 is 2.11 bits per heavy atom. The van der Waals surface area contributed by atoms with Crippen molar-refractivity contribution in [3.63, 3.8) is 0 Å². The highest BCUT2D eigenvalue weighted by Crippen LogP contribution is 2.17. The van der Waals surface area contributed by atoms with E-state index in [1.165, 1.54) is 5.56 Å². The van der Waals surface area contributed by atoms with Crippen molar-refractivity contribution in [2.24, 2.45) is 0 Å². The molecule has 0 saturated carbocycles. The molecule has 0 saturated heterocycles. The Labute approximate surface area is 112 Å². The van der Waals surface area contributed by atoms with Gasteiger partial charge < -0.3 is 15.2 Å². The smallest absolute Gasteiger partial charge is 0.321 e. The third kappa shape index (κ3) is 4.98. The molecule has 1 rings (SSSR count). The summed E-state index contributed by atoms with van der Waals surface area (Å²) in [6, 6.07) is 7.34. The summed E-state index contributed by atoms with van der Waals surface area (Å²) in [5.41, 5.74) is 1.17. The Hall–Kier alpha value is -1.20. The van der Waals surface area contributed by atoms with Crippen LogP contribution < -0.4 is 10.1 Å². The molecule has 0 fully saturated rings. The summed E-state index contributed by atoms with van der Waals surface area (Å²) in [5.74, 6) is 1.41. The van der Waals surface area contributed by atoms with Crippen LogP contribution in [0.2, 0.25) is 0 Å². The summed E-state index contributed by atoms with van der Waals surface area (Å²) in [6.45, 7) is 2.57. The molecule has 0 heterocycles. The van der Waals surface area contributed by atoms with Gasteiger partial charge in [0, 0.05) is 11.5 Å². The lowest BCUT2D eigenvalue weighted by Crippen LogP contribution is -2.38. The summed E-state index contributed by atoms with van der Waals surface area (Å²) >= 11 is 1.61. The second-order valence-corrected chi connectivity index (χ2v) is 4.84. The number of thioether (sulfide) groups is 1. The molecule has 0 amide bonds. The van der Waals surface area contributed by atoms with E-state index in [2.05, 4.69) is 5.32 Å². The second kappa shape index (κ2) is 8.00. The van der Waals surface area contributed by atoms with Gasteiger partial charge in [-0.3, -0.25) is 4.79 Å². The van der Waals surface area contributed by atoms with Crippen molar-refractivity contribution in [3.05, 3.63) is 29.8 Å². The molecule has 0 spiro atoms. The molecular weight excluding hydrogens is 250 g/mol. The van der Waals surface area contributed by atoms with Gasteiger partial charge in [0.2, 0.25) is 0 Å². The highest BCUT2D eigenvalue weighted by atomic mass is 32.2. The van der Waals surface area contributed by atoms with E-state index >= 15 is 0 Å². The van der Waals surface area contributed by atoms with Gasteiger partial charge in [0.25, 0.3) is 0 Å². The van der Waals surface area contributed by atoms with Crippen LogP contribution in [0.15, 0.2) is 24.3 Å². The van der Waals surface area contributed by atoms with Crippen molar-refractivity contribution < 1.29 is 14.6 Å². The van der Waals surface area contributed by atoms with Crippen molar-refractivity contribution in [2.75, 3.05) is 19.4 Å². The first kappa shape index (κ1) is 14.9. The van der Waals surface area contributed by atoms with Crippen molar-refractivity contribution in [1.29, 1.82) is 0 Å². The van der Waals surface area contributed by atoms with Gasteiger partial charge in [0.1, 0.15) is 11.8 Å². The van der Waals surface area contributed by atoms with Crippen LogP contribution in [-0.4, -0.2) is 36.5 Å². The third-order valence-electron chi connectivity index (χ3n) is 2.46. The maximum absolute atomic E-state index is 10.9. The van der Waals surface area contributed by atoms with Gasteiger partial charge >= 0.3 is 5.97 Å². The molecule has 18 heavy (non-hydrogen) atoms. The van der Waals surface area contributed by atoms with Crippen molar-refractivity contribution >= 4 is 17.7 Å². The summed E-state index contributed by atoms with van der Waals surface area (Å²) in [6.07, 6.45) is 0. The number of carboxylic acids is 1.